The normalized spacial score (nSPS) is 30.9. The molecule has 0 aliphatic carbocycles. The van der Waals surface area contributed by atoms with Gasteiger partial charge >= 0.3 is 5.97 Å². The number of rotatable bonds is 3. The van der Waals surface area contributed by atoms with E-state index in [2.05, 4.69) is 0 Å². The van der Waals surface area contributed by atoms with E-state index in [9.17, 15) is 40.5 Å². The third-order valence-corrected chi connectivity index (χ3v) is 3.37. The zero-order valence-corrected chi connectivity index (χ0v) is 11.6. The number of carbonyl (C=O) groups excluding carboxylic acids is 1. The predicted molar refractivity (Wildman–Crippen MR) is 70.6 cm³/mol. The van der Waals surface area contributed by atoms with Crippen LogP contribution in [0.1, 0.15) is 10.4 Å². The molecule has 2 rings (SSSR count). The summed E-state index contributed by atoms with van der Waals surface area (Å²) in [6.07, 6.45) is -8.07. The highest BCUT2D eigenvalue weighted by Gasteiger charge is 2.43. The van der Waals surface area contributed by atoms with Crippen LogP contribution >= 0.6 is 0 Å². The van der Waals surface area contributed by atoms with Gasteiger partial charge in [-0.3, -0.25) is 0 Å². The molecule has 23 heavy (non-hydrogen) atoms. The Morgan fingerprint density at radius 1 is 1.00 bits per heavy atom. The van der Waals surface area contributed by atoms with Crippen LogP contribution < -0.4 is 0 Å². The number of ether oxygens (including phenoxy) is 2. The van der Waals surface area contributed by atoms with E-state index in [-0.39, 0.29) is 5.56 Å². The maximum absolute atomic E-state index is 11.8. The van der Waals surface area contributed by atoms with E-state index >= 15 is 0 Å². The van der Waals surface area contributed by atoms with Crippen LogP contribution in [-0.2, 0) is 9.47 Å². The molecule has 0 saturated carbocycles. The third kappa shape index (κ3) is 3.46. The average Bonchev–Trinajstić information content (AvgIpc) is 2.51. The number of carbonyl (C=O) groups is 1. The molecule has 1 unspecified atom stereocenters. The van der Waals surface area contributed by atoms with E-state index in [0.717, 1.165) is 12.1 Å². The number of aliphatic hydroxyl groups excluding tert-OH is 4. The van der Waals surface area contributed by atoms with E-state index in [0.29, 0.717) is 0 Å². The summed E-state index contributed by atoms with van der Waals surface area (Å²) in [6.45, 7) is -0.580. The first-order valence-electron chi connectivity index (χ1n) is 6.52. The number of hydrogen-bond donors (Lipinski definition) is 7. The van der Waals surface area contributed by atoms with Crippen LogP contribution in [0.2, 0.25) is 0 Å². The fourth-order valence-electron chi connectivity index (χ4n) is 2.03. The van der Waals surface area contributed by atoms with Gasteiger partial charge in [0.1, 0.15) is 31.0 Å². The zero-order valence-electron chi connectivity index (χ0n) is 11.6. The van der Waals surface area contributed by atoms with E-state index in [4.69, 9.17) is 9.47 Å². The van der Waals surface area contributed by atoms with E-state index < -0.39 is 60.5 Å². The maximum atomic E-state index is 11.8. The number of phenolic OH excluding ortho intramolecular Hbond substituents is 3. The van der Waals surface area contributed by atoms with E-state index in [1.807, 2.05) is 0 Å². The predicted octanol–water partition coefficient (Wildman–Crippen LogP) is -2.24. The Balaban J connectivity index is 2.02. The molecule has 1 aromatic carbocycles. The van der Waals surface area contributed by atoms with Crippen molar-refractivity contribution in [3.63, 3.8) is 0 Å². The summed E-state index contributed by atoms with van der Waals surface area (Å²) in [6, 6.07) is 1.70. The molecule has 128 valence electrons. The molecular weight excluding hydrogens is 316 g/mol. The Labute approximate surface area is 129 Å². The van der Waals surface area contributed by atoms with Crippen molar-refractivity contribution in [3.8, 4) is 17.2 Å². The van der Waals surface area contributed by atoms with Gasteiger partial charge < -0.3 is 45.2 Å². The topological polar surface area (TPSA) is 177 Å². The van der Waals surface area contributed by atoms with E-state index in [1.165, 1.54) is 0 Å². The van der Waals surface area contributed by atoms with Crippen LogP contribution in [0.25, 0.3) is 0 Å². The molecule has 5 atom stereocenters. The number of aromatic hydroxyl groups is 3. The first-order chi connectivity index (χ1) is 10.7. The van der Waals surface area contributed by atoms with Crippen molar-refractivity contribution >= 4 is 5.97 Å². The summed E-state index contributed by atoms with van der Waals surface area (Å²) in [4.78, 5) is 11.8. The van der Waals surface area contributed by atoms with Crippen LogP contribution in [0.5, 0.6) is 17.2 Å². The Morgan fingerprint density at radius 2 is 1.57 bits per heavy atom. The van der Waals surface area contributed by atoms with Gasteiger partial charge in [-0.15, -0.1) is 0 Å². The summed E-state index contributed by atoms with van der Waals surface area (Å²) in [5.41, 5.74) is -0.288. The molecule has 0 radical (unpaired) electrons. The van der Waals surface area contributed by atoms with Gasteiger partial charge in [0, 0.05) is 0 Å². The lowest BCUT2D eigenvalue weighted by Crippen LogP contribution is -2.58. The molecule has 10 nitrogen and oxygen atoms in total. The minimum atomic E-state index is -1.76. The fraction of sp³-hybridized carbons (Fsp3) is 0.462. The minimum Gasteiger partial charge on any atom is -0.504 e. The highest BCUT2D eigenvalue weighted by Crippen LogP contribution is 2.35. The van der Waals surface area contributed by atoms with Crippen molar-refractivity contribution in [2.45, 2.75) is 30.7 Å². The lowest BCUT2D eigenvalue weighted by atomic mass is 9.99. The molecule has 0 spiro atoms. The smallest absolute Gasteiger partial charge is 0.338 e. The Hall–Kier alpha value is -2.11. The summed E-state index contributed by atoms with van der Waals surface area (Å²) in [5, 5.41) is 65.6. The second-order valence-electron chi connectivity index (χ2n) is 5.00. The number of benzene rings is 1. The lowest BCUT2D eigenvalue weighted by molar-refractivity contribution is -0.286. The summed E-state index contributed by atoms with van der Waals surface area (Å²) in [7, 11) is 0. The quantitative estimate of drug-likeness (QED) is 0.236. The number of phenols is 3. The second-order valence-corrected chi connectivity index (χ2v) is 5.00. The van der Waals surface area contributed by atoms with Gasteiger partial charge in [-0.1, -0.05) is 0 Å². The fourth-order valence-corrected chi connectivity index (χ4v) is 2.03. The summed E-state index contributed by atoms with van der Waals surface area (Å²) >= 11 is 0. The Bertz CT molecular complexity index is 565. The number of aliphatic hydroxyl groups is 4. The van der Waals surface area contributed by atoms with Crippen molar-refractivity contribution in [2.24, 2.45) is 0 Å². The molecule has 10 heteroatoms. The van der Waals surface area contributed by atoms with E-state index in [1.54, 1.807) is 0 Å². The van der Waals surface area contributed by atoms with Crippen LogP contribution in [0.4, 0.5) is 0 Å². The molecular formula is C13H16O10. The molecule has 1 aliphatic heterocycles. The number of hydrogen-bond acceptors (Lipinski definition) is 10. The molecule has 1 aliphatic rings. The molecule has 0 amide bonds. The minimum absolute atomic E-state index is 0.288. The first kappa shape index (κ1) is 17.2. The SMILES string of the molecule is O=C(OC[C@H]1OC(O)[C@H](O)[C@@H](O)[C@@H]1O)c1cc(O)c(O)c(O)c1. The first-order valence-corrected chi connectivity index (χ1v) is 6.52. The molecule has 7 N–H and O–H groups in total. The van der Waals surface area contributed by atoms with Crippen molar-refractivity contribution < 1.29 is 50.0 Å². The highest BCUT2D eigenvalue weighted by atomic mass is 16.6. The van der Waals surface area contributed by atoms with Gasteiger partial charge in [0.05, 0.1) is 5.56 Å². The molecule has 1 aromatic rings. The average molecular weight is 332 g/mol. The standard InChI is InChI=1S/C13H16O10/c14-5-1-4(2-6(15)8(5)16)12(20)22-3-7-9(17)10(18)11(19)13(21)23-7/h1-2,7,9-11,13-19,21H,3H2/t7-,9-,10+,11-,13?/m1/s1. The Morgan fingerprint density at radius 3 is 2.13 bits per heavy atom. The second kappa shape index (κ2) is 6.56. The molecule has 0 aromatic heterocycles. The van der Waals surface area contributed by atoms with Gasteiger partial charge in [0.2, 0.25) is 0 Å². The third-order valence-electron chi connectivity index (χ3n) is 3.37. The monoisotopic (exact) mass is 332 g/mol. The highest BCUT2D eigenvalue weighted by molar-refractivity contribution is 5.91. The molecule has 1 fully saturated rings. The Kier molecular flexibility index (Phi) is 4.92. The van der Waals surface area contributed by atoms with Crippen molar-refractivity contribution in [1.82, 2.24) is 0 Å². The van der Waals surface area contributed by atoms with Crippen molar-refractivity contribution in [2.75, 3.05) is 6.61 Å². The van der Waals surface area contributed by atoms with Gasteiger partial charge in [-0.05, 0) is 12.1 Å². The number of esters is 1. The van der Waals surface area contributed by atoms with Crippen LogP contribution in [0.3, 0.4) is 0 Å². The lowest BCUT2D eigenvalue weighted by Gasteiger charge is -2.37. The van der Waals surface area contributed by atoms with Crippen LogP contribution in [0.15, 0.2) is 12.1 Å². The maximum Gasteiger partial charge on any atom is 0.338 e. The zero-order chi connectivity index (χ0) is 17.3. The van der Waals surface area contributed by atoms with Crippen molar-refractivity contribution in [3.05, 3.63) is 17.7 Å². The van der Waals surface area contributed by atoms with Crippen LogP contribution in [0, 0.1) is 0 Å². The molecule has 1 heterocycles. The summed E-state index contributed by atoms with van der Waals surface area (Å²) in [5.74, 6) is -3.30. The van der Waals surface area contributed by atoms with Gasteiger partial charge in [0.25, 0.3) is 0 Å². The van der Waals surface area contributed by atoms with Gasteiger partial charge in [-0.2, -0.15) is 0 Å². The largest absolute Gasteiger partial charge is 0.504 e. The van der Waals surface area contributed by atoms with Gasteiger partial charge in [0.15, 0.2) is 23.5 Å². The van der Waals surface area contributed by atoms with Crippen molar-refractivity contribution in [1.29, 1.82) is 0 Å². The van der Waals surface area contributed by atoms with Crippen LogP contribution in [-0.4, -0.2) is 79.0 Å². The molecule has 1 saturated heterocycles. The van der Waals surface area contributed by atoms with Gasteiger partial charge in [-0.25, -0.2) is 4.79 Å². The molecule has 0 bridgehead atoms. The summed E-state index contributed by atoms with van der Waals surface area (Å²) < 4.78 is 9.60.